The number of oxazole rings is 1. The van der Waals surface area contributed by atoms with Gasteiger partial charge in [0.1, 0.15) is 0 Å². The van der Waals surface area contributed by atoms with Crippen LogP contribution < -0.4 is 5.32 Å². The van der Waals surface area contributed by atoms with E-state index >= 15 is 0 Å². The number of amides is 1. The third kappa shape index (κ3) is 4.75. The van der Waals surface area contributed by atoms with Crippen LogP contribution in [0.2, 0.25) is 0 Å². The molecule has 0 bridgehead atoms. The van der Waals surface area contributed by atoms with E-state index in [0.717, 1.165) is 18.4 Å². The minimum atomic E-state index is -3.88. The van der Waals surface area contributed by atoms with E-state index in [0.29, 0.717) is 55.7 Å². The number of anilines is 1. The summed E-state index contributed by atoms with van der Waals surface area (Å²) in [5.74, 6) is -2.42. The lowest BCUT2D eigenvalue weighted by Gasteiger charge is -2.24. The molecule has 3 aromatic rings. The summed E-state index contributed by atoms with van der Waals surface area (Å²) in [6, 6.07) is 7.13. The van der Waals surface area contributed by atoms with Crippen molar-refractivity contribution in [2.45, 2.75) is 44.1 Å². The summed E-state index contributed by atoms with van der Waals surface area (Å²) in [4.78, 5) is 16.7. The molecule has 1 N–H and O–H groups in total. The van der Waals surface area contributed by atoms with Gasteiger partial charge in [0.05, 0.1) is 6.61 Å². The molecule has 0 saturated carbocycles. The normalized spacial score (nSPS) is 16.8. The Labute approximate surface area is 207 Å². The molecule has 0 spiro atoms. The Morgan fingerprint density at radius 3 is 2.69 bits per heavy atom. The van der Waals surface area contributed by atoms with Crippen molar-refractivity contribution >= 4 is 21.7 Å². The zero-order chi connectivity index (χ0) is 25.3. The summed E-state index contributed by atoms with van der Waals surface area (Å²) < 4.78 is 53.5. The van der Waals surface area contributed by atoms with Crippen molar-refractivity contribution in [3.63, 3.8) is 0 Å². The number of benzene rings is 1. The van der Waals surface area contributed by atoms with Crippen LogP contribution in [0, 0.1) is 12.9 Å². The van der Waals surface area contributed by atoms with E-state index in [1.807, 2.05) is 13.0 Å². The van der Waals surface area contributed by atoms with E-state index in [9.17, 15) is 17.6 Å². The first-order valence-electron chi connectivity index (χ1n) is 11.9. The molecule has 12 heteroatoms. The molecule has 1 aliphatic heterocycles. The van der Waals surface area contributed by atoms with Gasteiger partial charge in [-0.3, -0.25) is 4.79 Å². The molecular formula is C24H26FN5O5S. The van der Waals surface area contributed by atoms with Crippen LogP contribution in [0.25, 0.3) is 11.5 Å². The quantitative estimate of drug-likeness (QED) is 0.549. The van der Waals surface area contributed by atoms with E-state index in [-0.39, 0.29) is 23.3 Å². The summed E-state index contributed by atoms with van der Waals surface area (Å²) in [6.45, 7) is 3.28. The Balaban J connectivity index is 1.44. The number of hydrogen-bond donors (Lipinski definition) is 1. The van der Waals surface area contributed by atoms with Gasteiger partial charge in [-0.2, -0.15) is 13.7 Å². The number of sulfonamides is 1. The SMILES string of the molecule is Cc1cccc(-c2nc(F)c(C(=O)Nc3nnc(S(=O)(=O)N4CCCOCC4)c4c3CCCC4)o2)c1. The summed E-state index contributed by atoms with van der Waals surface area (Å²) in [7, 11) is -3.88. The predicted molar refractivity (Wildman–Crippen MR) is 127 cm³/mol. The van der Waals surface area contributed by atoms with Gasteiger partial charge in [0.25, 0.3) is 21.9 Å². The molecule has 10 nitrogen and oxygen atoms in total. The zero-order valence-corrected chi connectivity index (χ0v) is 20.6. The van der Waals surface area contributed by atoms with Gasteiger partial charge in [-0.1, -0.05) is 17.7 Å². The molecule has 190 valence electrons. The number of ether oxygens (including phenoxy) is 1. The molecule has 0 unspecified atom stereocenters. The molecule has 1 aliphatic carbocycles. The van der Waals surface area contributed by atoms with E-state index in [1.165, 1.54) is 4.31 Å². The number of fused-ring (bicyclic) bond motifs is 1. The highest BCUT2D eigenvalue weighted by Gasteiger charge is 2.33. The Hall–Kier alpha value is -3.22. The molecule has 5 rings (SSSR count). The Morgan fingerprint density at radius 1 is 1.08 bits per heavy atom. The molecule has 1 amide bonds. The van der Waals surface area contributed by atoms with Gasteiger partial charge >= 0.3 is 0 Å². The van der Waals surface area contributed by atoms with Gasteiger partial charge in [0.15, 0.2) is 10.8 Å². The van der Waals surface area contributed by atoms with Crippen LogP contribution in [0.3, 0.4) is 0 Å². The molecule has 2 aliphatic rings. The van der Waals surface area contributed by atoms with Crippen molar-refractivity contribution in [2.24, 2.45) is 0 Å². The van der Waals surface area contributed by atoms with Crippen LogP contribution in [0.5, 0.6) is 0 Å². The van der Waals surface area contributed by atoms with Gasteiger partial charge in [-0.25, -0.2) is 8.42 Å². The third-order valence-corrected chi connectivity index (χ3v) is 8.17. The van der Waals surface area contributed by atoms with Crippen LogP contribution in [-0.4, -0.2) is 60.1 Å². The number of carbonyl (C=O) groups is 1. The van der Waals surface area contributed by atoms with Crippen molar-refractivity contribution in [2.75, 3.05) is 31.6 Å². The first-order valence-corrected chi connectivity index (χ1v) is 13.3. The summed E-state index contributed by atoms with van der Waals surface area (Å²) in [5, 5.41) is 10.5. The maximum Gasteiger partial charge on any atom is 0.297 e. The maximum absolute atomic E-state index is 14.6. The number of halogens is 1. The number of rotatable bonds is 5. The van der Waals surface area contributed by atoms with Crippen molar-refractivity contribution in [1.82, 2.24) is 19.5 Å². The van der Waals surface area contributed by atoms with Crippen LogP contribution >= 0.6 is 0 Å². The summed E-state index contributed by atoms with van der Waals surface area (Å²) in [6.07, 6.45) is 3.18. The van der Waals surface area contributed by atoms with Gasteiger partial charge < -0.3 is 14.5 Å². The molecule has 36 heavy (non-hydrogen) atoms. The van der Waals surface area contributed by atoms with Gasteiger partial charge in [-0.15, -0.1) is 10.2 Å². The number of carbonyl (C=O) groups excluding carboxylic acids is 1. The fraction of sp³-hybridized carbons (Fsp3) is 0.417. The van der Waals surface area contributed by atoms with E-state index in [2.05, 4.69) is 20.5 Å². The van der Waals surface area contributed by atoms with Crippen LogP contribution in [0.1, 0.15) is 46.5 Å². The minimum absolute atomic E-state index is 0.0164. The first kappa shape index (κ1) is 24.5. The lowest BCUT2D eigenvalue weighted by Crippen LogP contribution is -2.35. The fourth-order valence-corrected chi connectivity index (χ4v) is 6.13. The van der Waals surface area contributed by atoms with Crippen molar-refractivity contribution in [3.05, 3.63) is 52.7 Å². The molecule has 2 aromatic heterocycles. The van der Waals surface area contributed by atoms with Crippen LogP contribution in [0.15, 0.2) is 33.7 Å². The predicted octanol–water partition coefficient (Wildman–Crippen LogP) is 3.12. The number of hydrogen-bond acceptors (Lipinski definition) is 8. The molecular weight excluding hydrogens is 489 g/mol. The highest BCUT2D eigenvalue weighted by molar-refractivity contribution is 7.89. The highest BCUT2D eigenvalue weighted by Crippen LogP contribution is 2.32. The zero-order valence-electron chi connectivity index (χ0n) is 19.8. The average Bonchev–Trinajstić information content (AvgIpc) is 3.06. The second-order valence-electron chi connectivity index (χ2n) is 8.85. The number of aryl methyl sites for hydroxylation is 1. The van der Waals surface area contributed by atoms with E-state index < -0.39 is 27.6 Å². The molecule has 0 radical (unpaired) electrons. The lowest BCUT2D eigenvalue weighted by molar-refractivity contribution is 0.0991. The molecule has 0 atom stereocenters. The largest absolute Gasteiger partial charge is 0.428 e. The Bertz CT molecular complexity index is 1400. The summed E-state index contributed by atoms with van der Waals surface area (Å²) >= 11 is 0. The van der Waals surface area contributed by atoms with Gasteiger partial charge in [-0.05, 0) is 56.7 Å². The standard InChI is InChI=1S/C24H26FN5O5S/c1-15-6-4-7-16(14-15)23-26-20(25)19(35-23)22(31)27-21-17-8-2-3-9-18(17)24(29-28-21)36(32,33)30-10-5-12-34-13-11-30/h4,6-7,14H,2-3,5,8-13H2,1H3,(H,27,28,31). The smallest absolute Gasteiger partial charge is 0.297 e. The highest BCUT2D eigenvalue weighted by atomic mass is 32.2. The summed E-state index contributed by atoms with van der Waals surface area (Å²) in [5.41, 5.74) is 2.60. The fourth-order valence-electron chi connectivity index (χ4n) is 4.52. The molecule has 1 fully saturated rings. The Kier molecular flexibility index (Phi) is 6.82. The molecule has 3 heterocycles. The number of aromatic nitrogens is 3. The second-order valence-corrected chi connectivity index (χ2v) is 10.7. The molecule has 1 aromatic carbocycles. The van der Waals surface area contributed by atoms with Gasteiger partial charge in [0, 0.05) is 30.8 Å². The molecule has 1 saturated heterocycles. The van der Waals surface area contributed by atoms with Crippen LogP contribution in [0.4, 0.5) is 10.2 Å². The third-order valence-electron chi connectivity index (χ3n) is 6.31. The number of nitrogens with zero attached hydrogens (tertiary/aromatic N) is 4. The topological polar surface area (TPSA) is 128 Å². The van der Waals surface area contributed by atoms with E-state index in [1.54, 1.807) is 18.2 Å². The number of nitrogens with one attached hydrogen (secondary N) is 1. The lowest BCUT2D eigenvalue weighted by atomic mass is 9.93. The van der Waals surface area contributed by atoms with Gasteiger partial charge in [0.2, 0.25) is 11.7 Å². The minimum Gasteiger partial charge on any atom is -0.428 e. The first-order chi connectivity index (χ1) is 17.3. The monoisotopic (exact) mass is 515 g/mol. The van der Waals surface area contributed by atoms with Crippen molar-refractivity contribution in [1.29, 1.82) is 0 Å². The van der Waals surface area contributed by atoms with Crippen LogP contribution in [-0.2, 0) is 27.6 Å². The average molecular weight is 516 g/mol. The maximum atomic E-state index is 14.6. The Morgan fingerprint density at radius 2 is 1.89 bits per heavy atom. The van der Waals surface area contributed by atoms with Crippen molar-refractivity contribution < 1.29 is 26.8 Å². The van der Waals surface area contributed by atoms with E-state index in [4.69, 9.17) is 9.15 Å². The van der Waals surface area contributed by atoms with Crippen molar-refractivity contribution in [3.8, 4) is 11.5 Å². The second kappa shape index (κ2) is 10.0.